The maximum atomic E-state index is 11.8. The van der Waals surface area contributed by atoms with Crippen LogP contribution in [0.3, 0.4) is 0 Å². The summed E-state index contributed by atoms with van der Waals surface area (Å²) in [5, 5.41) is 3.34. The summed E-state index contributed by atoms with van der Waals surface area (Å²) >= 11 is 0. The summed E-state index contributed by atoms with van der Waals surface area (Å²) in [7, 11) is 0. The Kier molecular flexibility index (Phi) is 9.62. The summed E-state index contributed by atoms with van der Waals surface area (Å²) in [5.41, 5.74) is 2.45. The highest BCUT2D eigenvalue weighted by Gasteiger charge is 2.23. The van der Waals surface area contributed by atoms with Crippen molar-refractivity contribution in [3.05, 3.63) is 35.4 Å². The molecule has 0 radical (unpaired) electrons. The molecule has 2 rings (SSSR count). The number of guanidine groups is 1. The molecule has 0 atom stereocenters. The highest BCUT2D eigenvalue weighted by molar-refractivity contribution is 14.0. The summed E-state index contributed by atoms with van der Waals surface area (Å²) in [5.74, 6) is 0.904. The summed E-state index contributed by atoms with van der Waals surface area (Å²) in [6.07, 6.45) is -0.223. The molecule has 0 bridgehead atoms. The topological polar surface area (TPSA) is 57.2 Å². The largest absolute Gasteiger partial charge is 0.450 e. The van der Waals surface area contributed by atoms with E-state index in [4.69, 9.17) is 9.73 Å². The van der Waals surface area contributed by atoms with Gasteiger partial charge in [0.05, 0.1) is 13.2 Å². The first-order valence-electron chi connectivity index (χ1n) is 8.64. The number of nitrogens with one attached hydrogen (secondary N) is 1. The third kappa shape index (κ3) is 6.72. The third-order valence-electron chi connectivity index (χ3n) is 3.97. The molecule has 1 aromatic rings. The van der Waals surface area contributed by atoms with Crippen LogP contribution in [-0.2, 0) is 11.3 Å². The zero-order valence-electron chi connectivity index (χ0n) is 15.3. The van der Waals surface area contributed by atoms with Crippen molar-refractivity contribution in [1.29, 1.82) is 0 Å². The molecule has 0 aromatic heterocycles. The highest BCUT2D eigenvalue weighted by atomic mass is 127. The van der Waals surface area contributed by atoms with Crippen LogP contribution in [0, 0.1) is 6.92 Å². The lowest BCUT2D eigenvalue weighted by atomic mass is 10.1. The fourth-order valence-electron chi connectivity index (χ4n) is 2.60. The summed E-state index contributed by atoms with van der Waals surface area (Å²) in [6, 6.07) is 8.44. The van der Waals surface area contributed by atoms with Crippen LogP contribution >= 0.6 is 24.0 Å². The lowest BCUT2D eigenvalue weighted by Crippen LogP contribution is -2.53. The molecular weight excluding hydrogens is 431 g/mol. The van der Waals surface area contributed by atoms with Crippen LogP contribution in [0.2, 0.25) is 0 Å². The van der Waals surface area contributed by atoms with Crippen LogP contribution in [0.4, 0.5) is 4.79 Å². The molecule has 1 aliphatic heterocycles. The number of piperazine rings is 1. The SMILES string of the molecule is CCNC(=NCc1ccc(C)cc1)N1CCN(C(=O)OCC)CC1.I. The van der Waals surface area contributed by atoms with Gasteiger partial charge in [0.1, 0.15) is 0 Å². The van der Waals surface area contributed by atoms with E-state index in [1.54, 1.807) is 4.90 Å². The van der Waals surface area contributed by atoms with Gasteiger partial charge in [0.2, 0.25) is 0 Å². The Morgan fingerprint density at radius 3 is 2.28 bits per heavy atom. The van der Waals surface area contributed by atoms with Gasteiger partial charge >= 0.3 is 6.09 Å². The minimum atomic E-state index is -0.223. The van der Waals surface area contributed by atoms with Crippen molar-refractivity contribution in [2.24, 2.45) is 4.99 Å². The summed E-state index contributed by atoms with van der Waals surface area (Å²) < 4.78 is 5.06. The average Bonchev–Trinajstić information content (AvgIpc) is 2.60. The zero-order chi connectivity index (χ0) is 17.4. The van der Waals surface area contributed by atoms with Crippen molar-refractivity contribution in [3.63, 3.8) is 0 Å². The van der Waals surface area contributed by atoms with Crippen LogP contribution in [0.1, 0.15) is 25.0 Å². The van der Waals surface area contributed by atoms with Crippen molar-refractivity contribution >= 4 is 36.0 Å². The molecule has 6 nitrogen and oxygen atoms in total. The number of ether oxygens (including phenoxy) is 1. The number of carbonyl (C=O) groups excluding carboxylic acids is 1. The van der Waals surface area contributed by atoms with Gasteiger partial charge in [-0.1, -0.05) is 29.8 Å². The fourth-order valence-corrected chi connectivity index (χ4v) is 2.60. The number of rotatable bonds is 4. The number of hydrogen-bond acceptors (Lipinski definition) is 3. The molecule has 1 fully saturated rings. The number of benzene rings is 1. The van der Waals surface area contributed by atoms with Crippen molar-refractivity contribution in [1.82, 2.24) is 15.1 Å². The number of aryl methyl sites for hydroxylation is 1. The van der Waals surface area contributed by atoms with Gasteiger partial charge in [-0.05, 0) is 26.3 Å². The molecule has 140 valence electrons. The third-order valence-corrected chi connectivity index (χ3v) is 3.97. The maximum absolute atomic E-state index is 11.8. The lowest BCUT2D eigenvalue weighted by molar-refractivity contribution is 0.0914. The molecule has 0 spiro atoms. The molecule has 1 heterocycles. The van der Waals surface area contributed by atoms with Crippen LogP contribution < -0.4 is 5.32 Å². The fraction of sp³-hybridized carbons (Fsp3) is 0.556. The molecule has 1 saturated heterocycles. The Bertz CT molecular complexity index is 555. The molecule has 0 aliphatic carbocycles. The summed E-state index contributed by atoms with van der Waals surface area (Å²) in [6.45, 7) is 10.7. The Balaban J connectivity index is 0.00000312. The lowest BCUT2D eigenvalue weighted by Gasteiger charge is -2.35. The second kappa shape index (κ2) is 11.2. The molecular formula is C18H29IN4O2. The number of halogens is 1. The highest BCUT2D eigenvalue weighted by Crippen LogP contribution is 2.07. The van der Waals surface area contributed by atoms with Gasteiger partial charge < -0.3 is 19.9 Å². The Hall–Kier alpha value is -1.51. The van der Waals surface area contributed by atoms with Crippen molar-refractivity contribution in [2.75, 3.05) is 39.3 Å². The van der Waals surface area contributed by atoms with E-state index in [0.29, 0.717) is 26.2 Å². The first kappa shape index (κ1) is 21.5. The number of nitrogens with zero attached hydrogens (tertiary/aromatic N) is 3. The van der Waals surface area contributed by atoms with E-state index in [0.717, 1.165) is 25.6 Å². The molecule has 1 N–H and O–H groups in total. The number of hydrogen-bond donors (Lipinski definition) is 1. The Morgan fingerprint density at radius 2 is 1.72 bits per heavy atom. The first-order chi connectivity index (χ1) is 11.6. The smallest absolute Gasteiger partial charge is 0.409 e. The van der Waals surface area contributed by atoms with E-state index < -0.39 is 0 Å². The second-order valence-electron chi connectivity index (χ2n) is 5.83. The Labute approximate surface area is 167 Å². The number of carbonyl (C=O) groups is 1. The van der Waals surface area contributed by atoms with Crippen molar-refractivity contribution < 1.29 is 9.53 Å². The molecule has 0 saturated carbocycles. The van der Waals surface area contributed by atoms with Gasteiger partial charge in [0.15, 0.2) is 5.96 Å². The predicted octanol–water partition coefficient (Wildman–Crippen LogP) is 2.85. The minimum absolute atomic E-state index is 0. The van der Waals surface area contributed by atoms with Crippen LogP contribution in [0.5, 0.6) is 0 Å². The van der Waals surface area contributed by atoms with Crippen LogP contribution in [-0.4, -0.2) is 61.2 Å². The van der Waals surface area contributed by atoms with E-state index in [2.05, 4.69) is 48.3 Å². The predicted molar refractivity (Wildman–Crippen MR) is 112 cm³/mol. The van der Waals surface area contributed by atoms with Gasteiger partial charge in [-0.25, -0.2) is 9.79 Å². The van der Waals surface area contributed by atoms with Gasteiger partial charge in [-0.2, -0.15) is 0 Å². The van der Waals surface area contributed by atoms with Gasteiger partial charge in [0, 0.05) is 32.7 Å². The Morgan fingerprint density at radius 1 is 1.12 bits per heavy atom. The molecule has 1 aromatic carbocycles. The molecule has 25 heavy (non-hydrogen) atoms. The monoisotopic (exact) mass is 460 g/mol. The van der Waals surface area contributed by atoms with E-state index in [1.165, 1.54) is 11.1 Å². The number of aliphatic imine (C=N–C) groups is 1. The van der Waals surface area contributed by atoms with E-state index >= 15 is 0 Å². The van der Waals surface area contributed by atoms with Crippen molar-refractivity contribution in [2.45, 2.75) is 27.3 Å². The molecule has 0 unspecified atom stereocenters. The number of amides is 1. The normalized spacial score (nSPS) is 14.8. The summed E-state index contributed by atoms with van der Waals surface area (Å²) in [4.78, 5) is 20.5. The van der Waals surface area contributed by atoms with Gasteiger partial charge in [-0.15, -0.1) is 24.0 Å². The second-order valence-corrected chi connectivity index (χ2v) is 5.83. The van der Waals surface area contributed by atoms with Crippen LogP contribution in [0.15, 0.2) is 29.3 Å². The standard InChI is InChI=1S/C18H28N4O2.HI/c1-4-19-17(20-14-16-8-6-15(3)7-9-16)21-10-12-22(13-11-21)18(23)24-5-2;/h6-9H,4-5,10-14H2,1-3H3,(H,19,20);1H. The van der Waals surface area contributed by atoms with E-state index in [-0.39, 0.29) is 30.1 Å². The maximum Gasteiger partial charge on any atom is 0.409 e. The zero-order valence-corrected chi connectivity index (χ0v) is 17.7. The average molecular weight is 460 g/mol. The minimum Gasteiger partial charge on any atom is -0.450 e. The van der Waals surface area contributed by atoms with Gasteiger partial charge in [-0.3, -0.25) is 0 Å². The molecule has 1 aliphatic rings. The molecule has 7 heteroatoms. The molecule has 1 amide bonds. The first-order valence-corrected chi connectivity index (χ1v) is 8.64. The quantitative estimate of drug-likeness (QED) is 0.427. The van der Waals surface area contributed by atoms with E-state index in [1.807, 2.05) is 6.92 Å². The van der Waals surface area contributed by atoms with E-state index in [9.17, 15) is 4.79 Å². The van der Waals surface area contributed by atoms with Crippen molar-refractivity contribution in [3.8, 4) is 0 Å². The van der Waals surface area contributed by atoms with Gasteiger partial charge in [0.25, 0.3) is 0 Å². The van der Waals surface area contributed by atoms with Crippen LogP contribution in [0.25, 0.3) is 0 Å².